The van der Waals surface area contributed by atoms with Gasteiger partial charge >= 0.3 is 0 Å². The number of aryl methyl sites for hydroxylation is 1. The van der Waals surface area contributed by atoms with Gasteiger partial charge in [-0.15, -0.1) is 0 Å². The van der Waals surface area contributed by atoms with Crippen LogP contribution in [-0.2, 0) is 0 Å². The maximum absolute atomic E-state index is 6.24. The molecule has 0 N–H and O–H groups in total. The Labute approximate surface area is 181 Å². The zero-order valence-corrected chi connectivity index (χ0v) is 18.1. The highest BCUT2D eigenvalue weighted by Gasteiger charge is 2.11. The van der Waals surface area contributed by atoms with Gasteiger partial charge in [0.1, 0.15) is 22.8 Å². The second kappa shape index (κ2) is 8.96. The Morgan fingerprint density at radius 3 is 2.42 bits per heavy atom. The Kier molecular flexibility index (Phi) is 5.94. The average molecular weight is 415 g/mol. The molecule has 158 valence electrons. The fourth-order valence-electron chi connectivity index (χ4n) is 3.46. The molecule has 0 aliphatic heterocycles. The predicted molar refractivity (Wildman–Crippen MR) is 122 cm³/mol. The van der Waals surface area contributed by atoms with E-state index in [0.29, 0.717) is 23.9 Å². The van der Waals surface area contributed by atoms with E-state index in [2.05, 4.69) is 13.0 Å². The van der Waals surface area contributed by atoms with Crippen LogP contribution in [0, 0.1) is 6.92 Å². The van der Waals surface area contributed by atoms with Gasteiger partial charge in [0, 0.05) is 17.0 Å². The molecule has 3 aromatic carbocycles. The van der Waals surface area contributed by atoms with Gasteiger partial charge in [0.15, 0.2) is 11.5 Å². The third kappa shape index (κ3) is 4.26. The first-order chi connectivity index (χ1) is 15.1. The van der Waals surface area contributed by atoms with Crippen molar-refractivity contribution in [1.29, 1.82) is 0 Å². The third-order valence-corrected chi connectivity index (χ3v) is 4.97. The number of hydrogen-bond donors (Lipinski definition) is 0. The van der Waals surface area contributed by atoms with Crippen LogP contribution in [-0.4, -0.2) is 20.8 Å². The lowest BCUT2D eigenvalue weighted by molar-refractivity contribution is 0.341. The van der Waals surface area contributed by atoms with Crippen molar-refractivity contribution in [2.45, 2.75) is 13.8 Å². The molecule has 0 radical (unpaired) electrons. The summed E-state index contributed by atoms with van der Waals surface area (Å²) in [5.74, 6) is 2.74. The van der Waals surface area contributed by atoms with E-state index < -0.39 is 0 Å². The quantitative estimate of drug-likeness (QED) is 0.384. The van der Waals surface area contributed by atoms with Crippen molar-refractivity contribution >= 4 is 16.7 Å². The lowest BCUT2D eigenvalue weighted by atomic mass is 10.1. The number of hydrogen-bond acceptors (Lipinski definition) is 5. The third-order valence-electron chi connectivity index (χ3n) is 4.97. The SMILES string of the molecule is CCOc1ccccc1N=c1cc(-c2ccc(OC)c(OC)c2)oc2ccc(C)cc12. The Bertz CT molecular complexity index is 1290. The van der Waals surface area contributed by atoms with Crippen molar-refractivity contribution in [3.8, 4) is 28.6 Å². The van der Waals surface area contributed by atoms with Crippen LogP contribution in [0.3, 0.4) is 0 Å². The van der Waals surface area contributed by atoms with E-state index in [1.165, 1.54) is 0 Å². The summed E-state index contributed by atoms with van der Waals surface area (Å²) >= 11 is 0. The summed E-state index contributed by atoms with van der Waals surface area (Å²) in [6, 6.07) is 21.5. The van der Waals surface area contributed by atoms with Crippen molar-refractivity contribution < 1.29 is 18.6 Å². The number of benzene rings is 3. The molecule has 0 aliphatic carbocycles. The van der Waals surface area contributed by atoms with Crippen molar-refractivity contribution in [2.75, 3.05) is 20.8 Å². The van der Waals surface area contributed by atoms with Crippen LogP contribution in [0.15, 0.2) is 76.1 Å². The minimum absolute atomic E-state index is 0.577. The molecule has 4 aromatic rings. The van der Waals surface area contributed by atoms with Gasteiger partial charge in [-0.2, -0.15) is 0 Å². The average Bonchev–Trinajstić information content (AvgIpc) is 2.80. The molecule has 0 amide bonds. The van der Waals surface area contributed by atoms with Crippen molar-refractivity contribution in [3.63, 3.8) is 0 Å². The van der Waals surface area contributed by atoms with Gasteiger partial charge in [0.25, 0.3) is 0 Å². The van der Waals surface area contributed by atoms with Crippen molar-refractivity contribution in [2.24, 2.45) is 4.99 Å². The van der Waals surface area contributed by atoms with Crippen molar-refractivity contribution in [1.82, 2.24) is 0 Å². The highest BCUT2D eigenvalue weighted by molar-refractivity contribution is 5.80. The zero-order valence-electron chi connectivity index (χ0n) is 18.1. The first kappa shape index (κ1) is 20.5. The maximum Gasteiger partial charge on any atom is 0.161 e. The summed E-state index contributed by atoms with van der Waals surface area (Å²) in [5, 5.41) is 1.75. The first-order valence-electron chi connectivity index (χ1n) is 10.2. The zero-order chi connectivity index (χ0) is 21.8. The van der Waals surface area contributed by atoms with Gasteiger partial charge < -0.3 is 18.6 Å². The molecule has 0 fully saturated rings. The second-order valence-corrected chi connectivity index (χ2v) is 7.08. The van der Waals surface area contributed by atoms with Crippen LogP contribution in [0.4, 0.5) is 5.69 Å². The molecule has 0 aliphatic rings. The van der Waals surface area contributed by atoms with Gasteiger partial charge in [-0.05, 0) is 56.3 Å². The maximum atomic E-state index is 6.24. The van der Waals surface area contributed by atoms with Gasteiger partial charge in [-0.1, -0.05) is 23.8 Å². The number of para-hydroxylation sites is 2. The lowest BCUT2D eigenvalue weighted by Gasteiger charge is -2.11. The number of ether oxygens (including phenoxy) is 3. The molecule has 0 bridgehead atoms. The van der Waals surface area contributed by atoms with Crippen LogP contribution in [0.1, 0.15) is 12.5 Å². The minimum Gasteiger partial charge on any atom is -0.493 e. The molecule has 0 saturated carbocycles. The molecular formula is C26H25NO4. The van der Waals surface area contributed by atoms with Crippen LogP contribution in [0.5, 0.6) is 17.2 Å². The number of nitrogens with zero attached hydrogens (tertiary/aromatic N) is 1. The molecule has 5 heteroatoms. The van der Waals surface area contributed by atoms with Gasteiger partial charge in [-0.3, -0.25) is 0 Å². The summed E-state index contributed by atoms with van der Waals surface area (Å²) in [6.45, 7) is 4.60. The van der Waals surface area contributed by atoms with Crippen LogP contribution in [0.2, 0.25) is 0 Å². The van der Waals surface area contributed by atoms with E-state index in [9.17, 15) is 0 Å². The molecule has 1 aromatic heterocycles. The molecule has 0 spiro atoms. The van der Waals surface area contributed by atoms with E-state index >= 15 is 0 Å². The van der Waals surface area contributed by atoms with Crippen LogP contribution >= 0.6 is 0 Å². The fourth-order valence-corrected chi connectivity index (χ4v) is 3.46. The van der Waals surface area contributed by atoms with Crippen LogP contribution < -0.4 is 19.6 Å². The normalized spacial score (nSPS) is 11.5. The van der Waals surface area contributed by atoms with E-state index in [1.807, 2.05) is 67.6 Å². The van der Waals surface area contributed by atoms with E-state index in [-0.39, 0.29) is 0 Å². The molecule has 5 nitrogen and oxygen atoms in total. The summed E-state index contributed by atoms with van der Waals surface area (Å²) in [5.41, 5.74) is 3.54. The second-order valence-electron chi connectivity index (χ2n) is 7.08. The fraction of sp³-hybridized carbons (Fsp3) is 0.192. The molecular weight excluding hydrogens is 390 g/mol. The Morgan fingerprint density at radius 1 is 0.839 bits per heavy atom. The first-order valence-corrected chi connectivity index (χ1v) is 10.2. The van der Waals surface area contributed by atoms with Gasteiger partial charge in [-0.25, -0.2) is 4.99 Å². The van der Waals surface area contributed by atoms with Crippen LogP contribution in [0.25, 0.3) is 22.3 Å². The van der Waals surface area contributed by atoms with Crippen molar-refractivity contribution in [3.05, 3.63) is 77.7 Å². The van der Waals surface area contributed by atoms with E-state index in [4.69, 9.17) is 23.6 Å². The monoisotopic (exact) mass is 415 g/mol. The largest absolute Gasteiger partial charge is 0.493 e. The number of rotatable bonds is 6. The summed E-state index contributed by atoms with van der Waals surface area (Å²) in [6.07, 6.45) is 0. The lowest BCUT2D eigenvalue weighted by Crippen LogP contribution is -2.04. The predicted octanol–water partition coefficient (Wildman–Crippen LogP) is 6.06. The number of fused-ring (bicyclic) bond motifs is 1. The highest BCUT2D eigenvalue weighted by Crippen LogP contribution is 2.33. The summed E-state index contributed by atoms with van der Waals surface area (Å²) in [4.78, 5) is 4.95. The molecule has 0 saturated heterocycles. The minimum atomic E-state index is 0.577. The standard InChI is InChI=1S/C26H25NO4/c1-5-30-23-9-7-6-8-20(23)27-21-16-25(31-22-12-10-17(2)14-19(21)22)18-11-13-24(28-3)26(15-18)29-4/h6-16H,5H2,1-4H3. The molecule has 4 rings (SSSR count). The summed E-state index contributed by atoms with van der Waals surface area (Å²) < 4.78 is 22.8. The molecule has 31 heavy (non-hydrogen) atoms. The highest BCUT2D eigenvalue weighted by atomic mass is 16.5. The Hall–Kier alpha value is -3.73. The Morgan fingerprint density at radius 2 is 1.65 bits per heavy atom. The topological polar surface area (TPSA) is 53.2 Å². The number of methoxy groups -OCH3 is 2. The molecule has 0 atom stereocenters. The molecule has 0 unspecified atom stereocenters. The summed E-state index contributed by atoms with van der Waals surface area (Å²) in [7, 11) is 3.24. The van der Waals surface area contributed by atoms with Gasteiger partial charge in [0.05, 0.1) is 26.2 Å². The Balaban J connectivity index is 1.96. The molecule has 1 heterocycles. The van der Waals surface area contributed by atoms with Gasteiger partial charge in [0.2, 0.25) is 0 Å². The smallest absolute Gasteiger partial charge is 0.161 e. The van der Waals surface area contributed by atoms with E-state index in [0.717, 1.165) is 38.9 Å². The van der Waals surface area contributed by atoms with E-state index in [1.54, 1.807) is 14.2 Å².